The Morgan fingerprint density at radius 2 is 1.73 bits per heavy atom. The van der Waals surface area contributed by atoms with Crippen LogP contribution >= 0.6 is 0 Å². The van der Waals surface area contributed by atoms with Crippen molar-refractivity contribution >= 4 is 11.8 Å². The molecule has 126 valence electrons. The van der Waals surface area contributed by atoms with Gasteiger partial charge < -0.3 is 9.80 Å². The van der Waals surface area contributed by atoms with Crippen molar-refractivity contribution in [1.29, 1.82) is 0 Å². The molecule has 0 aromatic heterocycles. The average molecular weight is 308 g/mol. The Labute approximate surface area is 135 Å². The molecular formula is C18H32N2O2. The van der Waals surface area contributed by atoms with Gasteiger partial charge in [-0.1, -0.05) is 20.8 Å². The van der Waals surface area contributed by atoms with Crippen molar-refractivity contribution in [2.75, 3.05) is 19.6 Å². The second kappa shape index (κ2) is 7.98. The van der Waals surface area contributed by atoms with Gasteiger partial charge in [-0.05, 0) is 44.4 Å². The molecule has 1 atom stereocenters. The summed E-state index contributed by atoms with van der Waals surface area (Å²) in [6.45, 7) is 8.79. The lowest BCUT2D eigenvalue weighted by molar-refractivity contribution is -0.143. The minimum absolute atomic E-state index is 0.134. The van der Waals surface area contributed by atoms with E-state index in [-0.39, 0.29) is 11.8 Å². The zero-order valence-corrected chi connectivity index (χ0v) is 14.5. The zero-order chi connectivity index (χ0) is 16.1. The maximum Gasteiger partial charge on any atom is 0.226 e. The van der Waals surface area contributed by atoms with Crippen LogP contribution in [0.25, 0.3) is 0 Å². The van der Waals surface area contributed by atoms with Crippen LogP contribution < -0.4 is 0 Å². The van der Waals surface area contributed by atoms with Gasteiger partial charge in [0.05, 0.1) is 0 Å². The van der Waals surface area contributed by atoms with Crippen LogP contribution in [0.2, 0.25) is 0 Å². The van der Waals surface area contributed by atoms with Crippen molar-refractivity contribution in [3.8, 4) is 0 Å². The third-order valence-corrected chi connectivity index (χ3v) is 5.16. The number of carbonyl (C=O) groups is 2. The van der Waals surface area contributed by atoms with E-state index in [0.29, 0.717) is 24.3 Å². The van der Waals surface area contributed by atoms with E-state index in [4.69, 9.17) is 0 Å². The Morgan fingerprint density at radius 1 is 1.05 bits per heavy atom. The van der Waals surface area contributed by atoms with Crippen molar-refractivity contribution in [3.05, 3.63) is 0 Å². The standard InChI is InChI=1S/C18H32N2O2/c1-4-16-7-5-6-10-20(16)18(22)15-8-11-19(12-9-15)17(21)13-14(2)3/h14-16H,4-13H2,1-3H3. The van der Waals surface area contributed by atoms with E-state index in [2.05, 4.69) is 25.7 Å². The first-order chi connectivity index (χ1) is 10.5. The van der Waals surface area contributed by atoms with Gasteiger partial charge in [-0.2, -0.15) is 0 Å². The van der Waals surface area contributed by atoms with Gasteiger partial charge in [0.25, 0.3) is 0 Å². The Balaban J connectivity index is 1.85. The lowest BCUT2D eigenvalue weighted by Gasteiger charge is -2.40. The average Bonchev–Trinajstić information content (AvgIpc) is 2.53. The predicted molar refractivity (Wildman–Crippen MR) is 88.4 cm³/mol. The number of hydrogen-bond donors (Lipinski definition) is 0. The summed E-state index contributed by atoms with van der Waals surface area (Å²) in [5.74, 6) is 1.15. The van der Waals surface area contributed by atoms with Crippen LogP contribution in [0.15, 0.2) is 0 Å². The van der Waals surface area contributed by atoms with Crippen molar-refractivity contribution < 1.29 is 9.59 Å². The second-order valence-electron chi connectivity index (χ2n) is 7.34. The van der Waals surface area contributed by atoms with Crippen LogP contribution in [0.1, 0.15) is 65.7 Å². The van der Waals surface area contributed by atoms with E-state index < -0.39 is 0 Å². The lowest BCUT2D eigenvalue weighted by atomic mass is 9.91. The van der Waals surface area contributed by atoms with Gasteiger partial charge in [-0.25, -0.2) is 0 Å². The molecule has 4 heteroatoms. The first-order valence-corrected chi connectivity index (χ1v) is 9.11. The quantitative estimate of drug-likeness (QED) is 0.801. The van der Waals surface area contributed by atoms with Gasteiger partial charge in [0.1, 0.15) is 0 Å². The maximum absolute atomic E-state index is 12.8. The van der Waals surface area contributed by atoms with E-state index in [1.165, 1.54) is 6.42 Å². The molecule has 2 saturated heterocycles. The summed E-state index contributed by atoms with van der Waals surface area (Å²) in [7, 11) is 0. The van der Waals surface area contributed by atoms with Crippen LogP contribution in [0.4, 0.5) is 0 Å². The van der Waals surface area contributed by atoms with Crippen LogP contribution in [-0.4, -0.2) is 47.3 Å². The van der Waals surface area contributed by atoms with Gasteiger partial charge in [0.2, 0.25) is 11.8 Å². The molecule has 2 amide bonds. The maximum atomic E-state index is 12.8. The van der Waals surface area contributed by atoms with Crippen molar-refractivity contribution in [2.45, 2.75) is 71.8 Å². The third-order valence-electron chi connectivity index (χ3n) is 5.16. The smallest absolute Gasteiger partial charge is 0.226 e. The summed E-state index contributed by atoms with van der Waals surface area (Å²) in [6, 6.07) is 0.446. The predicted octanol–water partition coefficient (Wildman–Crippen LogP) is 3.06. The van der Waals surface area contributed by atoms with Crippen LogP contribution in [0.3, 0.4) is 0 Å². The van der Waals surface area contributed by atoms with Crippen molar-refractivity contribution in [1.82, 2.24) is 9.80 Å². The molecule has 0 saturated carbocycles. The largest absolute Gasteiger partial charge is 0.343 e. The highest BCUT2D eigenvalue weighted by Crippen LogP contribution is 2.26. The molecule has 0 radical (unpaired) electrons. The molecule has 0 N–H and O–H groups in total. The summed E-state index contributed by atoms with van der Waals surface area (Å²) in [4.78, 5) is 29.0. The van der Waals surface area contributed by atoms with E-state index in [0.717, 1.165) is 51.7 Å². The molecule has 2 fully saturated rings. The molecule has 0 spiro atoms. The number of rotatable bonds is 4. The molecule has 2 rings (SSSR count). The topological polar surface area (TPSA) is 40.6 Å². The normalized spacial score (nSPS) is 23.9. The SMILES string of the molecule is CCC1CCCCN1C(=O)C1CCN(C(=O)CC(C)C)CC1. The fraction of sp³-hybridized carbons (Fsp3) is 0.889. The van der Waals surface area contributed by atoms with E-state index in [1.54, 1.807) is 0 Å². The van der Waals surface area contributed by atoms with E-state index in [1.807, 2.05) is 4.90 Å². The molecule has 0 aromatic carbocycles. The molecule has 22 heavy (non-hydrogen) atoms. The fourth-order valence-electron chi connectivity index (χ4n) is 3.80. The molecule has 0 aromatic rings. The molecule has 0 bridgehead atoms. The number of carbonyl (C=O) groups excluding carboxylic acids is 2. The van der Waals surface area contributed by atoms with Crippen LogP contribution in [-0.2, 0) is 9.59 Å². The minimum atomic E-state index is 0.134. The second-order valence-corrected chi connectivity index (χ2v) is 7.34. The van der Waals surface area contributed by atoms with Crippen molar-refractivity contribution in [2.24, 2.45) is 11.8 Å². The highest BCUT2D eigenvalue weighted by molar-refractivity contribution is 5.80. The van der Waals surface area contributed by atoms with Gasteiger partial charge >= 0.3 is 0 Å². The van der Waals surface area contributed by atoms with E-state index >= 15 is 0 Å². The highest BCUT2D eigenvalue weighted by Gasteiger charge is 2.33. The van der Waals surface area contributed by atoms with E-state index in [9.17, 15) is 9.59 Å². The first kappa shape index (κ1) is 17.3. The number of hydrogen-bond acceptors (Lipinski definition) is 2. The molecular weight excluding hydrogens is 276 g/mol. The Morgan fingerprint density at radius 3 is 2.32 bits per heavy atom. The molecule has 4 nitrogen and oxygen atoms in total. The number of amides is 2. The number of nitrogens with zero attached hydrogens (tertiary/aromatic N) is 2. The first-order valence-electron chi connectivity index (χ1n) is 9.11. The molecule has 2 aliphatic rings. The monoisotopic (exact) mass is 308 g/mol. The highest BCUT2D eigenvalue weighted by atomic mass is 16.2. The third kappa shape index (κ3) is 4.23. The van der Waals surface area contributed by atoms with Gasteiger partial charge in [0.15, 0.2) is 0 Å². The van der Waals surface area contributed by atoms with Gasteiger partial charge in [-0.3, -0.25) is 9.59 Å². The summed E-state index contributed by atoms with van der Waals surface area (Å²) >= 11 is 0. The van der Waals surface area contributed by atoms with Crippen LogP contribution in [0.5, 0.6) is 0 Å². The van der Waals surface area contributed by atoms with Crippen LogP contribution in [0, 0.1) is 11.8 Å². The molecule has 1 unspecified atom stereocenters. The Hall–Kier alpha value is -1.06. The summed E-state index contributed by atoms with van der Waals surface area (Å²) in [6.07, 6.45) is 6.94. The number of likely N-dealkylation sites (tertiary alicyclic amines) is 2. The minimum Gasteiger partial charge on any atom is -0.343 e. The lowest BCUT2D eigenvalue weighted by Crippen LogP contribution is -2.49. The number of piperidine rings is 2. The van der Waals surface area contributed by atoms with Gasteiger partial charge in [0, 0.05) is 38.0 Å². The summed E-state index contributed by atoms with van der Waals surface area (Å²) < 4.78 is 0. The summed E-state index contributed by atoms with van der Waals surface area (Å²) in [5, 5.41) is 0. The molecule has 2 heterocycles. The molecule has 0 aliphatic carbocycles. The fourth-order valence-corrected chi connectivity index (χ4v) is 3.80. The zero-order valence-electron chi connectivity index (χ0n) is 14.5. The Kier molecular flexibility index (Phi) is 6.27. The van der Waals surface area contributed by atoms with Crippen molar-refractivity contribution in [3.63, 3.8) is 0 Å². The summed E-state index contributed by atoms with van der Waals surface area (Å²) in [5.41, 5.74) is 0. The Bertz CT molecular complexity index is 387. The van der Waals surface area contributed by atoms with Gasteiger partial charge in [-0.15, -0.1) is 0 Å². The molecule has 2 aliphatic heterocycles.